The number of amides is 2. The number of carbonyl (C=O) groups is 2. The maximum Gasteiger partial charge on any atom is 0.243 e. The summed E-state index contributed by atoms with van der Waals surface area (Å²) >= 11 is 6.22. The second-order valence-corrected chi connectivity index (χ2v) is 9.30. The van der Waals surface area contributed by atoms with Gasteiger partial charge in [0.1, 0.15) is 0 Å². The molecule has 2 rings (SSSR count). The zero-order chi connectivity index (χ0) is 22.9. The molecule has 2 aromatic rings. The smallest absolute Gasteiger partial charge is 0.243 e. The number of halogens is 1. The van der Waals surface area contributed by atoms with E-state index < -0.39 is 10.0 Å². The van der Waals surface area contributed by atoms with Gasteiger partial charge < -0.3 is 10.6 Å². The minimum absolute atomic E-state index is 0.0254. The van der Waals surface area contributed by atoms with Crippen molar-refractivity contribution >= 4 is 39.1 Å². The van der Waals surface area contributed by atoms with E-state index in [1.807, 2.05) is 30.3 Å². The molecule has 0 unspecified atom stereocenters. The van der Waals surface area contributed by atoms with E-state index in [-0.39, 0.29) is 34.7 Å². The third kappa shape index (κ3) is 7.50. The lowest BCUT2D eigenvalue weighted by atomic mass is 10.1. The van der Waals surface area contributed by atoms with Gasteiger partial charge in [0.2, 0.25) is 21.8 Å². The molecule has 31 heavy (non-hydrogen) atoms. The molecule has 0 saturated heterocycles. The molecule has 0 fully saturated rings. The quantitative estimate of drug-likeness (QED) is 0.395. The number of benzene rings is 2. The van der Waals surface area contributed by atoms with Gasteiger partial charge in [-0.2, -0.15) is 0 Å². The maximum absolute atomic E-state index is 12.7. The molecule has 0 aliphatic rings. The molecule has 0 saturated carbocycles. The number of aryl methyl sites for hydroxylation is 1. The fraction of sp³-hybridized carbons (Fsp3) is 0.273. The Morgan fingerprint density at radius 2 is 1.87 bits per heavy atom. The fourth-order valence-electron chi connectivity index (χ4n) is 2.76. The number of nitrogens with one attached hydrogen (secondary N) is 2. The fourth-order valence-corrected chi connectivity index (χ4v) is 4.29. The van der Waals surface area contributed by atoms with E-state index >= 15 is 0 Å². The van der Waals surface area contributed by atoms with Crippen LogP contribution in [0.25, 0.3) is 0 Å². The molecular formula is C22H26ClN3O4S. The van der Waals surface area contributed by atoms with E-state index in [1.54, 1.807) is 0 Å². The van der Waals surface area contributed by atoms with Crippen molar-refractivity contribution in [3.63, 3.8) is 0 Å². The highest BCUT2D eigenvalue weighted by Crippen LogP contribution is 2.27. The van der Waals surface area contributed by atoms with Crippen molar-refractivity contribution < 1.29 is 18.0 Å². The monoisotopic (exact) mass is 463 g/mol. The molecule has 0 radical (unpaired) electrons. The van der Waals surface area contributed by atoms with Crippen LogP contribution in [-0.4, -0.2) is 44.7 Å². The first-order chi connectivity index (χ1) is 14.7. The summed E-state index contributed by atoms with van der Waals surface area (Å²) in [7, 11) is -2.30. The summed E-state index contributed by atoms with van der Waals surface area (Å²) in [6.07, 6.45) is 2.48. The summed E-state index contributed by atoms with van der Waals surface area (Å²) in [4.78, 5) is 23.4. The van der Waals surface area contributed by atoms with E-state index in [0.717, 1.165) is 11.6 Å². The lowest BCUT2D eigenvalue weighted by molar-refractivity contribution is -0.117. The van der Waals surface area contributed by atoms with Crippen molar-refractivity contribution in [1.29, 1.82) is 0 Å². The first-order valence-electron chi connectivity index (χ1n) is 9.74. The van der Waals surface area contributed by atoms with Gasteiger partial charge in [-0.1, -0.05) is 48.5 Å². The zero-order valence-corrected chi connectivity index (χ0v) is 18.9. The van der Waals surface area contributed by atoms with Crippen LogP contribution in [0.3, 0.4) is 0 Å². The predicted octanol–water partition coefficient (Wildman–Crippen LogP) is 3.22. The molecule has 0 aliphatic carbocycles. The number of nitrogens with zero attached hydrogens (tertiary/aromatic N) is 1. The summed E-state index contributed by atoms with van der Waals surface area (Å²) in [5.74, 6) is -0.515. The Bertz CT molecular complexity index is 1030. The Hall–Kier alpha value is -2.68. The molecule has 166 valence electrons. The highest BCUT2D eigenvalue weighted by Gasteiger charge is 2.21. The molecule has 0 bridgehead atoms. The Kier molecular flexibility index (Phi) is 9.23. The van der Waals surface area contributed by atoms with Gasteiger partial charge in [0.15, 0.2) is 0 Å². The predicted molar refractivity (Wildman–Crippen MR) is 122 cm³/mol. The van der Waals surface area contributed by atoms with E-state index in [1.165, 1.54) is 29.6 Å². The molecular weight excluding hydrogens is 438 g/mol. The van der Waals surface area contributed by atoms with Crippen LogP contribution in [0.5, 0.6) is 0 Å². The molecule has 9 heteroatoms. The van der Waals surface area contributed by atoms with Gasteiger partial charge >= 0.3 is 0 Å². The molecule has 0 heterocycles. The standard InChI is InChI=1S/C22H26ClN3O4S/c1-3-21(27)24-14-7-15-26(2)31(29,30)18-11-12-20(19(23)16-18)25-22(28)13-10-17-8-5-4-6-9-17/h3-6,8-9,11-12,16H,1,7,10,13-15H2,2H3,(H,24,27)(H,25,28). The van der Waals surface area contributed by atoms with Crippen molar-refractivity contribution in [3.05, 3.63) is 71.8 Å². The van der Waals surface area contributed by atoms with Crippen molar-refractivity contribution in [2.75, 3.05) is 25.5 Å². The van der Waals surface area contributed by atoms with Gasteiger partial charge in [0.25, 0.3) is 0 Å². The van der Waals surface area contributed by atoms with Gasteiger partial charge in [0, 0.05) is 26.6 Å². The first kappa shape index (κ1) is 24.6. The largest absolute Gasteiger partial charge is 0.353 e. The molecule has 2 aromatic carbocycles. The van der Waals surface area contributed by atoms with E-state index in [0.29, 0.717) is 25.1 Å². The van der Waals surface area contributed by atoms with E-state index in [2.05, 4.69) is 17.2 Å². The lowest BCUT2D eigenvalue weighted by Gasteiger charge is -2.18. The van der Waals surface area contributed by atoms with E-state index in [4.69, 9.17) is 11.6 Å². The van der Waals surface area contributed by atoms with Crippen LogP contribution in [0.1, 0.15) is 18.4 Å². The number of sulfonamides is 1. The Balaban J connectivity index is 1.94. The summed E-state index contributed by atoms with van der Waals surface area (Å²) in [5, 5.41) is 5.45. The number of hydrogen-bond donors (Lipinski definition) is 2. The number of hydrogen-bond acceptors (Lipinski definition) is 4. The van der Waals surface area contributed by atoms with Crippen LogP contribution in [0.15, 0.2) is 66.1 Å². The molecule has 0 spiro atoms. The lowest BCUT2D eigenvalue weighted by Crippen LogP contribution is -2.31. The molecule has 7 nitrogen and oxygen atoms in total. The highest BCUT2D eigenvalue weighted by atomic mass is 35.5. The first-order valence-corrected chi connectivity index (χ1v) is 11.6. The van der Waals surface area contributed by atoms with Gasteiger partial charge in [-0.15, -0.1) is 0 Å². The molecule has 0 aromatic heterocycles. The van der Waals surface area contributed by atoms with Crippen molar-refractivity contribution in [1.82, 2.24) is 9.62 Å². The van der Waals surface area contributed by atoms with Crippen LogP contribution in [0, 0.1) is 0 Å². The van der Waals surface area contributed by atoms with Crippen LogP contribution in [-0.2, 0) is 26.0 Å². The summed E-state index contributed by atoms with van der Waals surface area (Å²) in [5.41, 5.74) is 1.41. The SMILES string of the molecule is C=CC(=O)NCCCN(C)S(=O)(=O)c1ccc(NC(=O)CCc2ccccc2)c(Cl)c1. The topological polar surface area (TPSA) is 95.6 Å². The number of anilines is 1. The number of rotatable bonds is 11. The second kappa shape index (κ2) is 11.6. The normalized spacial score (nSPS) is 11.2. The van der Waals surface area contributed by atoms with Crippen LogP contribution >= 0.6 is 11.6 Å². The van der Waals surface area contributed by atoms with Crippen molar-refractivity contribution in [3.8, 4) is 0 Å². The van der Waals surface area contributed by atoms with Crippen molar-refractivity contribution in [2.45, 2.75) is 24.2 Å². The number of carbonyl (C=O) groups excluding carboxylic acids is 2. The Morgan fingerprint density at radius 3 is 2.52 bits per heavy atom. The van der Waals surface area contributed by atoms with Crippen molar-refractivity contribution in [2.24, 2.45) is 0 Å². The minimum Gasteiger partial charge on any atom is -0.353 e. The second-order valence-electron chi connectivity index (χ2n) is 6.85. The molecule has 2 amide bonds. The third-order valence-corrected chi connectivity index (χ3v) is 6.71. The van der Waals surface area contributed by atoms with E-state index in [9.17, 15) is 18.0 Å². The van der Waals surface area contributed by atoms with Gasteiger partial charge in [-0.05, 0) is 42.7 Å². The van der Waals surface area contributed by atoms with Gasteiger partial charge in [0.05, 0.1) is 15.6 Å². The summed E-state index contributed by atoms with van der Waals surface area (Å²) in [6, 6.07) is 13.8. The Labute approximate surface area is 188 Å². The van der Waals surface area contributed by atoms with Crippen LogP contribution in [0.2, 0.25) is 5.02 Å². The Morgan fingerprint density at radius 1 is 1.16 bits per heavy atom. The third-order valence-electron chi connectivity index (χ3n) is 4.54. The summed E-state index contributed by atoms with van der Waals surface area (Å²) < 4.78 is 26.7. The molecule has 0 atom stereocenters. The maximum atomic E-state index is 12.7. The highest BCUT2D eigenvalue weighted by molar-refractivity contribution is 7.89. The molecule has 2 N–H and O–H groups in total. The van der Waals surface area contributed by atoms with Crippen LogP contribution < -0.4 is 10.6 Å². The van der Waals surface area contributed by atoms with Crippen LogP contribution in [0.4, 0.5) is 5.69 Å². The average Bonchev–Trinajstić information content (AvgIpc) is 2.76. The zero-order valence-electron chi connectivity index (χ0n) is 17.3. The van der Waals surface area contributed by atoms with Gasteiger partial charge in [-0.3, -0.25) is 9.59 Å². The van der Waals surface area contributed by atoms with Gasteiger partial charge in [-0.25, -0.2) is 12.7 Å². The summed E-state index contributed by atoms with van der Waals surface area (Å²) in [6.45, 7) is 3.90. The minimum atomic E-state index is -3.76. The average molecular weight is 464 g/mol. The molecule has 0 aliphatic heterocycles.